The van der Waals surface area contributed by atoms with Gasteiger partial charge in [0.1, 0.15) is 0 Å². The normalized spacial score (nSPS) is 13.5. The fraction of sp³-hybridized carbons (Fsp3) is 0.688. The lowest BCUT2D eigenvalue weighted by atomic mass is 10.1. The second-order valence-electron chi connectivity index (χ2n) is 7.01. The summed E-state index contributed by atoms with van der Waals surface area (Å²) in [5, 5.41) is 0. The molecular formula is C16H26F6N2O7S2Si. The second kappa shape index (κ2) is 12.6. The van der Waals surface area contributed by atoms with Crippen molar-refractivity contribution in [2.24, 2.45) is 5.92 Å². The lowest BCUT2D eigenvalue weighted by Gasteiger charge is -2.22. The molecule has 0 aliphatic heterocycles. The van der Waals surface area contributed by atoms with Crippen molar-refractivity contribution in [1.29, 1.82) is 0 Å². The summed E-state index contributed by atoms with van der Waals surface area (Å²) in [5.74, 6) is 0.668. The molecule has 0 spiro atoms. The Bertz CT molecular complexity index is 932. The molecule has 200 valence electrons. The second-order valence-corrected chi connectivity index (χ2v) is 13.5. The molecule has 1 rings (SSSR count). The summed E-state index contributed by atoms with van der Waals surface area (Å²) in [7, 11) is -11.0. The van der Waals surface area contributed by atoms with Gasteiger partial charge in [-0.05, 0) is 18.4 Å². The molecule has 1 heterocycles. The molecule has 18 heteroatoms. The van der Waals surface area contributed by atoms with Gasteiger partial charge in [0.2, 0.25) is 0 Å². The van der Waals surface area contributed by atoms with Crippen molar-refractivity contribution < 1.29 is 61.0 Å². The van der Waals surface area contributed by atoms with Crippen LogP contribution < -0.4 is 4.57 Å². The number of halogens is 6. The van der Waals surface area contributed by atoms with Crippen LogP contribution >= 0.6 is 0 Å². The highest BCUT2D eigenvalue weighted by Gasteiger charge is 2.47. The Hall–Kier alpha value is -1.31. The van der Waals surface area contributed by atoms with E-state index in [0.717, 1.165) is 23.1 Å². The van der Waals surface area contributed by atoms with Crippen molar-refractivity contribution in [3.8, 4) is 0 Å². The van der Waals surface area contributed by atoms with E-state index >= 15 is 0 Å². The van der Waals surface area contributed by atoms with Crippen molar-refractivity contribution in [2.45, 2.75) is 43.9 Å². The third-order valence-electron chi connectivity index (χ3n) is 3.95. The molecule has 0 bridgehead atoms. The van der Waals surface area contributed by atoms with Gasteiger partial charge in [0.05, 0.1) is 6.04 Å². The summed E-state index contributed by atoms with van der Waals surface area (Å²) in [5.41, 5.74) is -11.0. The van der Waals surface area contributed by atoms with E-state index in [2.05, 4.69) is 42.9 Å². The van der Waals surface area contributed by atoms with Crippen LogP contribution in [0.4, 0.5) is 26.3 Å². The topological polar surface area (TPSA) is 114 Å². The average Bonchev–Trinajstić information content (AvgIpc) is 2.67. The van der Waals surface area contributed by atoms with Crippen molar-refractivity contribution in [3.63, 3.8) is 0 Å². The highest BCUT2D eigenvalue weighted by molar-refractivity contribution is 8.13. The monoisotopic (exact) mass is 564 g/mol. The van der Waals surface area contributed by atoms with Gasteiger partial charge in [0.15, 0.2) is 39.0 Å². The molecule has 0 saturated carbocycles. The van der Waals surface area contributed by atoms with Crippen LogP contribution in [-0.2, 0) is 46.3 Å². The number of aryl methyl sites for hydroxylation is 1. The van der Waals surface area contributed by atoms with Gasteiger partial charge < -0.3 is 17.4 Å². The number of pyridine rings is 1. The maximum atomic E-state index is 11.4. The Kier molecular flexibility index (Phi) is 12.1. The van der Waals surface area contributed by atoms with Crippen LogP contribution in [0.5, 0.6) is 0 Å². The van der Waals surface area contributed by atoms with Crippen LogP contribution in [0.15, 0.2) is 24.5 Å². The van der Waals surface area contributed by atoms with Gasteiger partial charge in [0, 0.05) is 33.0 Å². The molecule has 0 amide bonds. The summed E-state index contributed by atoms with van der Waals surface area (Å²) in [4.78, 5) is 0. The molecule has 0 fully saturated rings. The lowest BCUT2D eigenvalue weighted by molar-refractivity contribution is -0.694. The Balaban J connectivity index is 0.000000661. The highest BCUT2D eigenvalue weighted by Crippen LogP contribution is 2.36. The molecule has 34 heavy (non-hydrogen) atoms. The predicted octanol–water partition coefficient (Wildman–Crippen LogP) is 3.11. The van der Waals surface area contributed by atoms with Gasteiger partial charge in [-0.3, -0.25) is 0 Å². The molecule has 0 aliphatic rings. The zero-order valence-electron chi connectivity index (χ0n) is 18.8. The van der Waals surface area contributed by atoms with Crippen LogP contribution in [0.2, 0.25) is 6.04 Å². The smallest absolute Gasteiger partial charge is 0.421 e. The Morgan fingerprint density at radius 3 is 1.74 bits per heavy atom. The van der Waals surface area contributed by atoms with Gasteiger partial charge >= 0.3 is 19.8 Å². The van der Waals surface area contributed by atoms with Gasteiger partial charge in [-0.15, -0.1) is 0 Å². The lowest BCUT2D eigenvalue weighted by Crippen LogP contribution is -2.47. The van der Waals surface area contributed by atoms with E-state index < -0.39 is 39.9 Å². The Morgan fingerprint density at radius 2 is 1.38 bits per heavy atom. The van der Waals surface area contributed by atoms with E-state index in [4.69, 9.17) is 13.3 Å². The Labute approximate surface area is 195 Å². The van der Waals surface area contributed by atoms with E-state index in [-0.39, 0.29) is 0 Å². The first kappa shape index (κ1) is 32.7. The number of hydrogen-bond acceptors (Lipinski definition) is 7. The molecule has 0 saturated heterocycles. The van der Waals surface area contributed by atoms with Gasteiger partial charge in [-0.1, -0.05) is 13.8 Å². The number of rotatable bonds is 10. The highest BCUT2D eigenvalue weighted by atomic mass is 32.3. The van der Waals surface area contributed by atoms with E-state index in [1.54, 1.807) is 21.3 Å². The quantitative estimate of drug-likeness (QED) is 0.244. The standard InChI is InChI=1S/C14H26NO3Si.C2F6NO4S2/c1-13(2)11-14-7-6-8-15(12-14)9-10-19(16-3,17-4)18-5;3-1(4,5)14(10,11)9-15(12,13)2(6,7)8/h6-8,12-13H,9-11H2,1-5H3;/q+1;-1. The first-order chi connectivity index (χ1) is 15.3. The van der Waals surface area contributed by atoms with Gasteiger partial charge in [-0.25, -0.2) is 21.4 Å². The molecule has 9 nitrogen and oxygen atoms in total. The summed E-state index contributed by atoms with van der Waals surface area (Å²) in [6.07, 6.45) is 5.37. The summed E-state index contributed by atoms with van der Waals surface area (Å²) < 4.78 is 128. The average molecular weight is 565 g/mol. The third kappa shape index (κ3) is 10.1. The number of sulfonamides is 2. The van der Waals surface area contributed by atoms with Crippen molar-refractivity contribution in [3.05, 3.63) is 34.2 Å². The Morgan fingerprint density at radius 1 is 0.941 bits per heavy atom. The zero-order valence-corrected chi connectivity index (χ0v) is 21.5. The fourth-order valence-corrected chi connectivity index (χ4v) is 5.70. The van der Waals surface area contributed by atoms with Crippen LogP contribution in [-0.4, -0.2) is 58.0 Å². The van der Waals surface area contributed by atoms with Crippen molar-refractivity contribution in [2.75, 3.05) is 21.3 Å². The molecule has 0 aliphatic carbocycles. The minimum absolute atomic E-state index is 0.668. The molecular weight excluding hydrogens is 538 g/mol. The minimum Gasteiger partial charge on any atom is -0.421 e. The van der Waals surface area contributed by atoms with E-state index in [0.29, 0.717) is 5.92 Å². The first-order valence-corrected chi connectivity index (χ1v) is 14.1. The first-order valence-electron chi connectivity index (χ1n) is 9.26. The molecule has 0 N–H and O–H groups in total. The number of aromatic nitrogens is 1. The minimum atomic E-state index is -6.72. The van der Waals surface area contributed by atoms with Crippen LogP contribution in [0.25, 0.3) is 4.13 Å². The van der Waals surface area contributed by atoms with Gasteiger partial charge in [0.25, 0.3) is 0 Å². The van der Waals surface area contributed by atoms with Crippen LogP contribution in [0, 0.1) is 5.92 Å². The van der Waals surface area contributed by atoms with Crippen molar-refractivity contribution >= 4 is 28.9 Å². The molecule has 0 aromatic carbocycles. The maximum Gasteiger partial charge on any atom is 0.506 e. The van der Waals surface area contributed by atoms with Crippen LogP contribution in [0.1, 0.15) is 19.4 Å². The predicted molar refractivity (Wildman–Crippen MR) is 110 cm³/mol. The van der Waals surface area contributed by atoms with E-state index in [1.807, 2.05) is 0 Å². The number of hydrogen-bond donors (Lipinski definition) is 0. The van der Waals surface area contributed by atoms with Gasteiger partial charge in [-0.2, -0.15) is 26.3 Å². The fourth-order valence-electron chi connectivity index (χ4n) is 2.34. The molecule has 0 unspecified atom stereocenters. The third-order valence-corrected chi connectivity index (χ3v) is 9.40. The van der Waals surface area contributed by atoms with E-state index in [1.165, 1.54) is 5.56 Å². The van der Waals surface area contributed by atoms with Crippen molar-refractivity contribution in [1.82, 2.24) is 0 Å². The molecule has 0 atom stereocenters. The molecule has 0 radical (unpaired) electrons. The SMILES string of the molecule is CO[Si](CC[n+]1cccc(CC(C)C)c1)(OC)OC.O=S(=O)([N-]S(=O)(=O)C(F)(F)F)C(F)(F)F. The van der Waals surface area contributed by atoms with Crippen LogP contribution in [0.3, 0.4) is 0 Å². The maximum absolute atomic E-state index is 11.4. The zero-order chi connectivity index (χ0) is 27.0. The van der Waals surface area contributed by atoms with E-state index in [9.17, 15) is 43.2 Å². The summed E-state index contributed by atoms with van der Waals surface area (Å²) >= 11 is 0. The molecule has 1 aromatic heterocycles. The summed E-state index contributed by atoms with van der Waals surface area (Å²) in [6, 6.07) is 5.03. The number of nitrogens with zero attached hydrogens (tertiary/aromatic N) is 2. The molecule has 1 aromatic rings. The number of alkyl halides is 6. The largest absolute Gasteiger partial charge is 0.506 e. The summed E-state index contributed by atoms with van der Waals surface area (Å²) in [6.45, 7) is 5.31.